The van der Waals surface area contributed by atoms with Crippen LogP contribution in [0.2, 0.25) is 0 Å². The minimum atomic E-state index is -0.294. The summed E-state index contributed by atoms with van der Waals surface area (Å²) in [4.78, 5) is 0. The molecule has 0 bridgehead atoms. The topological polar surface area (TPSA) is 20.2 Å². The zero-order chi connectivity index (χ0) is 20.7. The standard InChI is InChI=1S/C27H32O/c1-18-16-23(26(4,5)21-14-10-8-12-19(21)2)25(28)24(17-18)27(6,7)22-15-11-9-13-20(22)3/h8-17,28H,1-7H3. The first-order valence-electron chi connectivity index (χ1n) is 10.0. The first kappa shape index (κ1) is 20.2. The normalized spacial score (nSPS) is 12.2. The molecular weight excluding hydrogens is 340 g/mol. The van der Waals surface area contributed by atoms with E-state index >= 15 is 0 Å². The van der Waals surface area contributed by atoms with Gasteiger partial charge in [-0.1, -0.05) is 93.9 Å². The molecule has 0 heterocycles. The van der Waals surface area contributed by atoms with Gasteiger partial charge in [0.2, 0.25) is 0 Å². The van der Waals surface area contributed by atoms with Crippen LogP contribution in [-0.4, -0.2) is 5.11 Å². The van der Waals surface area contributed by atoms with Crippen molar-refractivity contribution in [1.29, 1.82) is 0 Å². The first-order valence-corrected chi connectivity index (χ1v) is 10.0. The summed E-state index contributed by atoms with van der Waals surface area (Å²) < 4.78 is 0. The molecule has 0 atom stereocenters. The molecule has 146 valence electrons. The van der Waals surface area contributed by atoms with E-state index in [1.54, 1.807) is 0 Å². The van der Waals surface area contributed by atoms with Gasteiger partial charge in [-0.25, -0.2) is 0 Å². The summed E-state index contributed by atoms with van der Waals surface area (Å²) in [7, 11) is 0. The lowest BCUT2D eigenvalue weighted by atomic mass is 9.70. The molecule has 0 fully saturated rings. The molecule has 3 aromatic rings. The molecule has 0 amide bonds. The fourth-order valence-corrected chi connectivity index (χ4v) is 4.57. The molecule has 3 aromatic carbocycles. The second-order valence-corrected chi connectivity index (χ2v) is 9.09. The van der Waals surface area contributed by atoms with Crippen molar-refractivity contribution < 1.29 is 5.11 Å². The Kier molecular flexibility index (Phi) is 5.14. The molecule has 0 aliphatic carbocycles. The van der Waals surface area contributed by atoms with Crippen LogP contribution >= 0.6 is 0 Å². The zero-order valence-electron chi connectivity index (χ0n) is 18.2. The van der Waals surface area contributed by atoms with Gasteiger partial charge in [-0.3, -0.25) is 0 Å². The second-order valence-electron chi connectivity index (χ2n) is 9.09. The Morgan fingerprint density at radius 3 is 1.29 bits per heavy atom. The maximum Gasteiger partial charge on any atom is 0.123 e. The van der Waals surface area contributed by atoms with Crippen LogP contribution in [-0.2, 0) is 10.8 Å². The van der Waals surface area contributed by atoms with E-state index in [0.29, 0.717) is 5.75 Å². The Balaban J connectivity index is 2.24. The van der Waals surface area contributed by atoms with Crippen molar-refractivity contribution in [2.24, 2.45) is 0 Å². The fourth-order valence-electron chi connectivity index (χ4n) is 4.57. The lowest BCUT2D eigenvalue weighted by molar-refractivity contribution is 0.432. The van der Waals surface area contributed by atoms with Crippen LogP contribution in [0.25, 0.3) is 0 Å². The molecule has 0 radical (unpaired) electrons. The number of aryl methyl sites for hydroxylation is 3. The summed E-state index contributed by atoms with van der Waals surface area (Å²) >= 11 is 0. The van der Waals surface area contributed by atoms with E-state index in [1.807, 2.05) is 0 Å². The molecule has 0 aliphatic heterocycles. The van der Waals surface area contributed by atoms with Crippen LogP contribution in [0, 0.1) is 20.8 Å². The van der Waals surface area contributed by atoms with Gasteiger partial charge in [0.15, 0.2) is 0 Å². The summed E-state index contributed by atoms with van der Waals surface area (Å²) in [6.45, 7) is 15.2. The average Bonchev–Trinajstić information content (AvgIpc) is 2.63. The van der Waals surface area contributed by atoms with Gasteiger partial charge < -0.3 is 5.11 Å². The summed E-state index contributed by atoms with van der Waals surface area (Å²) in [6, 6.07) is 21.2. The van der Waals surface area contributed by atoms with Crippen molar-refractivity contribution in [3.05, 3.63) is 99.6 Å². The van der Waals surface area contributed by atoms with E-state index in [0.717, 1.165) is 11.1 Å². The van der Waals surface area contributed by atoms with Gasteiger partial charge in [0.25, 0.3) is 0 Å². The highest BCUT2D eigenvalue weighted by Gasteiger charge is 2.34. The molecule has 0 saturated carbocycles. The van der Waals surface area contributed by atoms with Crippen molar-refractivity contribution in [1.82, 2.24) is 0 Å². The van der Waals surface area contributed by atoms with E-state index in [2.05, 4.69) is 109 Å². The molecule has 1 nitrogen and oxygen atoms in total. The van der Waals surface area contributed by atoms with Crippen LogP contribution in [0.5, 0.6) is 5.75 Å². The molecule has 1 heteroatoms. The molecule has 0 unspecified atom stereocenters. The van der Waals surface area contributed by atoms with Crippen LogP contribution in [0.4, 0.5) is 0 Å². The third kappa shape index (κ3) is 3.35. The molecule has 3 rings (SSSR count). The van der Waals surface area contributed by atoms with E-state index in [1.165, 1.54) is 27.8 Å². The Hall–Kier alpha value is -2.54. The highest BCUT2D eigenvalue weighted by Crippen LogP contribution is 2.45. The predicted molar refractivity (Wildman–Crippen MR) is 119 cm³/mol. The van der Waals surface area contributed by atoms with E-state index in [-0.39, 0.29) is 10.8 Å². The third-order valence-corrected chi connectivity index (χ3v) is 6.24. The van der Waals surface area contributed by atoms with Crippen LogP contribution < -0.4 is 0 Å². The SMILES string of the molecule is Cc1cc(C(C)(C)c2ccccc2C)c(O)c(C(C)(C)c2ccccc2C)c1. The fraction of sp³-hybridized carbons (Fsp3) is 0.333. The van der Waals surface area contributed by atoms with Crippen LogP contribution in [0.3, 0.4) is 0 Å². The van der Waals surface area contributed by atoms with E-state index < -0.39 is 0 Å². The average molecular weight is 373 g/mol. The number of aromatic hydroxyl groups is 1. The molecule has 0 spiro atoms. The number of rotatable bonds is 4. The number of phenols is 1. The van der Waals surface area contributed by atoms with Gasteiger partial charge >= 0.3 is 0 Å². The number of benzene rings is 3. The smallest absolute Gasteiger partial charge is 0.123 e. The number of hydrogen-bond acceptors (Lipinski definition) is 1. The minimum Gasteiger partial charge on any atom is -0.507 e. The Bertz CT molecular complexity index is 930. The maximum absolute atomic E-state index is 11.5. The summed E-state index contributed by atoms with van der Waals surface area (Å²) in [6.07, 6.45) is 0. The largest absolute Gasteiger partial charge is 0.507 e. The summed E-state index contributed by atoms with van der Waals surface area (Å²) in [5.74, 6) is 0.409. The second kappa shape index (κ2) is 7.13. The highest BCUT2D eigenvalue weighted by atomic mass is 16.3. The van der Waals surface area contributed by atoms with Crippen molar-refractivity contribution in [3.63, 3.8) is 0 Å². The molecule has 1 N–H and O–H groups in total. The van der Waals surface area contributed by atoms with Crippen molar-refractivity contribution >= 4 is 0 Å². The third-order valence-electron chi connectivity index (χ3n) is 6.24. The molecule has 0 aromatic heterocycles. The molecule has 0 aliphatic rings. The summed E-state index contributed by atoms with van der Waals surface area (Å²) in [5.41, 5.74) is 7.53. The van der Waals surface area contributed by atoms with Crippen molar-refractivity contribution in [2.45, 2.75) is 59.3 Å². The van der Waals surface area contributed by atoms with Crippen molar-refractivity contribution in [2.75, 3.05) is 0 Å². The number of hydrogen-bond donors (Lipinski definition) is 1. The molecular formula is C27H32O. The van der Waals surface area contributed by atoms with Crippen molar-refractivity contribution in [3.8, 4) is 5.75 Å². The van der Waals surface area contributed by atoms with Gasteiger partial charge in [-0.2, -0.15) is 0 Å². The molecule has 0 saturated heterocycles. The molecule has 28 heavy (non-hydrogen) atoms. The Morgan fingerprint density at radius 2 is 0.929 bits per heavy atom. The van der Waals surface area contributed by atoms with E-state index in [4.69, 9.17) is 0 Å². The van der Waals surface area contributed by atoms with E-state index in [9.17, 15) is 5.11 Å². The highest BCUT2D eigenvalue weighted by molar-refractivity contribution is 5.57. The lowest BCUT2D eigenvalue weighted by Gasteiger charge is -2.34. The zero-order valence-corrected chi connectivity index (χ0v) is 18.2. The lowest BCUT2D eigenvalue weighted by Crippen LogP contribution is -2.25. The first-order chi connectivity index (χ1) is 13.1. The van der Waals surface area contributed by atoms with Crippen LogP contribution in [0.15, 0.2) is 60.7 Å². The Labute approximate surface area is 170 Å². The van der Waals surface area contributed by atoms with Gasteiger partial charge in [-0.15, -0.1) is 0 Å². The predicted octanol–water partition coefficient (Wildman–Crippen LogP) is 6.97. The van der Waals surface area contributed by atoms with Gasteiger partial charge in [0.05, 0.1) is 0 Å². The van der Waals surface area contributed by atoms with Gasteiger partial charge in [-0.05, 0) is 43.0 Å². The summed E-state index contributed by atoms with van der Waals surface area (Å²) in [5, 5.41) is 11.5. The Morgan fingerprint density at radius 1 is 0.571 bits per heavy atom. The maximum atomic E-state index is 11.5. The van der Waals surface area contributed by atoms with Gasteiger partial charge in [0, 0.05) is 22.0 Å². The number of phenolic OH excluding ortho intramolecular Hbond substituents is 1. The quantitative estimate of drug-likeness (QED) is 0.524. The van der Waals surface area contributed by atoms with Gasteiger partial charge in [0.1, 0.15) is 5.75 Å². The van der Waals surface area contributed by atoms with Crippen LogP contribution in [0.1, 0.15) is 66.6 Å². The minimum absolute atomic E-state index is 0.294. The monoisotopic (exact) mass is 372 g/mol.